The van der Waals surface area contributed by atoms with Crippen LogP contribution in [-0.4, -0.2) is 22.6 Å². The first-order valence-electron chi connectivity index (χ1n) is 8.63. The third-order valence-electron chi connectivity index (χ3n) is 4.37. The van der Waals surface area contributed by atoms with E-state index in [1.165, 1.54) is 44.9 Å². The Morgan fingerprint density at radius 3 is 2.67 bits per heavy atom. The maximum Gasteiger partial charge on any atom is 0.218 e. The van der Waals surface area contributed by atoms with Crippen molar-refractivity contribution in [3.8, 4) is 5.88 Å². The van der Waals surface area contributed by atoms with Crippen LogP contribution in [0.4, 0.5) is 5.82 Å². The van der Waals surface area contributed by atoms with Crippen LogP contribution in [0.25, 0.3) is 0 Å². The Morgan fingerprint density at radius 1 is 1.14 bits per heavy atom. The van der Waals surface area contributed by atoms with Crippen LogP contribution in [0.2, 0.25) is 0 Å². The van der Waals surface area contributed by atoms with E-state index >= 15 is 0 Å². The minimum atomic E-state index is 0.562. The van der Waals surface area contributed by atoms with E-state index in [0.29, 0.717) is 12.0 Å². The predicted molar refractivity (Wildman–Crippen MR) is 84.9 cm³/mol. The summed E-state index contributed by atoms with van der Waals surface area (Å²) in [5.74, 6) is 3.25. The summed E-state index contributed by atoms with van der Waals surface area (Å²) in [5, 5.41) is 3.60. The summed E-state index contributed by atoms with van der Waals surface area (Å²) in [6.45, 7) is 2.93. The van der Waals surface area contributed by atoms with Crippen molar-refractivity contribution >= 4 is 5.82 Å². The highest BCUT2D eigenvalue weighted by Gasteiger charge is 2.28. The van der Waals surface area contributed by atoms with E-state index in [4.69, 9.17) is 9.72 Å². The lowest BCUT2D eigenvalue weighted by atomic mass is 9.95. The van der Waals surface area contributed by atoms with Crippen molar-refractivity contribution in [2.24, 2.45) is 0 Å². The standard InChI is InChI=1S/C17H27N3O/c1-2-3-11-21-16-12-15(18-14-7-5-4-6-8-14)19-17(20-16)13-9-10-13/h12-14H,2-11H2,1H3,(H,18,19,20). The molecule has 0 radical (unpaired) electrons. The van der Waals surface area contributed by atoms with Crippen LogP contribution in [0, 0.1) is 0 Å². The third kappa shape index (κ3) is 4.32. The van der Waals surface area contributed by atoms with Crippen molar-refractivity contribution in [2.45, 2.75) is 76.7 Å². The number of hydrogen-bond acceptors (Lipinski definition) is 4. The monoisotopic (exact) mass is 289 g/mol. The molecule has 2 aliphatic rings. The van der Waals surface area contributed by atoms with Gasteiger partial charge in [-0.05, 0) is 32.1 Å². The van der Waals surface area contributed by atoms with E-state index < -0.39 is 0 Å². The maximum absolute atomic E-state index is 5.80. The number of hydrogen-bond donors (Lipinski definition) is 1. The fraction of sp³-hybridized carbons (Fsp3) is 0.765. The topological polar surface area (TPSA) is 47.0 Å². The van der Waals surface area contributed by atoms with Gasteiger partial charge in [-0.15, -0.1) is 0 Å². The van der Waals surface area contributed by atoms with Gasteiger partial charge in [0.05, 0.1) is 6.61 Å². The van der Waals surface area contributed by atoms with Crippen molar-refractivity contribution in [1.29, 1.82) is 0 Å². The van der Waals surface area contributed by atoms with Crippen molar-refractivity contribution in [3.05, 3.63) is 11.9 Å². The summed E-state index contributed by atoms with van der Waals surface area (Å²) in [6, 6.07) is 2.56. The quantitative estimate of drug-likeness (QED) is 0.761. The van der Waals surface area contributed by atoms with Crippen LogP contribution in [-0.2, 0) is 0 Å². The molecule has 0 spiro atoms. The maximum atomic E-state index is 5.80. The molecule has 0 aliphatic heterocycles. The zero-order chi connectivity index (χ0) is 14.5. The first-order chi connectivity index (χ1) is 10.3. The lowest BCUT2D eigenvalue weighted by molar-refractivity contribution is 0.296. The van der Waals surface area contributed by atoms with Gasteiger partial charge in [0.15, 0.2) is 0 Å². The van der Waals surface area contributed by atoms with Gasteiger partial charge in [-0.3, -0.25) is 0 Å². The molecule has 0 saturated heterocycles. The molecule has 3 rings (SSSR count). The molecule has 0 unspecified atom stereocenters. The van der Waals surface area contributed by atoms with Gasteiger partial charge in [0.1, 0.15) is 11.6 Å². The lowest BCUT2D eigenvalue weighted by Crippen LogP contribution is -2.23. The third-order valence-corrected chi connectivity index (χ3v) is 4.37. The van der Waals surface area contributed by atoms with Gasteiger partial charge < -0.3 is 10.1 Å². The van der Waals surface area contributed by atoms with Crippen LogP contribution in [0.5, 0.6) is 5.88 Å². The molecule has 2 saturated carbocycles. The average molecular weight is 289 g/mol. The summed E-state index contributed by atoms with van der Waals surface area (Å²) >= 11 is 0. The second-order valence-corrected chi connectivity index (χ2v) is 6.41. The molecular weight excluding hydrogens is 262 g/mol. The molecule has 2 aliphatic carbocycles. The molecule has 0 aromatic carbocycles. The number of nitrogens with one attached hydrogen (secondary N) is 1. The largest absolute Gasteiger partial charge is 0.478 e. The number of nitrogens with zero attached hydrogens (tertiary/aromatic N) is 2. The zero-order valence-corrected chi connectivity index (χ0v) is 13.1. The molecule has 4 heteroatoms. The molecule has 1 aromatic rings. The first kappa shape index (κ1) is 14.6. The molecule has 1 aromatic heterocycles. The van der Waals surface area contributed by atoms with Gasteiger partial charge in [0.25, 0.3) is 0 Å². The first-order valence-corrected chi connectivity index (χ1v) is 8.63. The summed E-state index contributed by atoms with van der Waals surface area (Å²) < 4.78 is 5.80. The van der Waals surface area contributed by atoms with Crippen molar-refractivity contribution in [2.75, 3.05) is 11.9 Å². The van der Waals surface area contributed by atoms with Crippen LogP contribution in [0.3, 0.4) is 0 Å². The highest BCUT2D eigenvalue weighted by molar-refractivity contribution is 5.40. The molecular formula is C17H27N3O. The van der Waals surface area contributed by atoms with E-state index in [1.54, 1.807) is 0 Å². The number of aromatic nitrogens is 2. The molecule has 0 amide bonds. The average Bonchev–Trinajstić information content (AvgIpc) is 3.33. The van der Waals surface area contributed by atoms with Gasteiger partial charge in [-0.25, -0.2) is 4.98 Å². The molecule has 0 atom stereocenters. The molecule has 4 nitrogen and oxygen atoms in total. The SMILES string of the molecule is CCCCOc1cc(NC2CCCCC2)nc(C2CC2)n1. The highest BCUT2D eigenvalue weighted by atomic mass is 16.5. The van der Waals surface area contributed by atoms with E-state index in [-0.39, 0.29) is 0 Å². The summed E-state index contributed by atoms with van der Waals surface area (Å²) in [7, 11) is 0. The summed E-state index contributed by atoms with van der Waals surface area (Å²) in [4.78, 5) is 9.30. The predicted octanol–water partition coefficient (Wildman–Crippen LogP) is 4.28. The van der Waals surface area contributed by atoms with Gasteiger partial charge in [-0.1, -0.05) is 32.6 Å². The molecule has 1 N–H and O–H groups in total. The Kier molecular flexibility index (Phi) is 4.94. The number of ether oxygens (including phenoxy) is 1. The Balaban J connectivity index is 1.68. The van der Waals surface area contributed by atoms with Crippen molar-refractivity contribution in [3.63, 3.8) is 0 Å². The Labute approximate surface area is 127 Å². The van der Waals surface area contributed by atoms with Crippen LogP contribution in [0.1, 0.15) is 76.5 Å². The van der Waals surface area contributed by atoms with Crippen LogP contribution < -0.4 is 10.1 Å². The molecule has 116 valence electrons. The molecule has 1 heterocycles. The highest BCUT2D eigenvalue weighted by Crippen LogP contribution is 2.39. The van der Waals surface area contributed by atoms with Gasteiger partial charge in [0, 0.05) is 18.0 Å². The minimum Gasteiger partial charge on any atom is -0.478 e. The Morgan fingerprint density at radius 2 is 1.95 bits per heavy atom. The van der Waals surface area contributed by atoms with Crippen LogP contribution in [0.15, 0.2) is 6.07 Å². The molecule has 0 bridgehead atoms. The number of rotatable bonds is 7. The second kappa shape index (κ2) is 7.10. The Hall–Kier alpha value is -1.32. The Bertz CT molecular complexity index is 453. The van der Waals surface area contributed by atoms with Gasteiger partial charge in [0.2, 0.25) is 5.88 Å². The smallest absolute Gasteiger partial charge is 0.218 e. The van der Waals surface area contributed by atoms with Crippen LogP contribution >= 0.6 is 0 Å². The van der Waals surface area contributed by atoms with Crippen molar-refractivity contribution in [1.82, 2.24) is 9.97 Å². The van der Waals surface area contributed by atoms with Crippen molar-refractivity contribution < 1.29 is 4.74 Å². The van der Waals surface area contributed by atoms with E-state index in [0.717, 1.165) is 37.0 Å². The number of unbranched alkanes of at least 4 members (excludes halogenated alkanes) is 1. The lowest BCUT2D eigenvalue weighted by Gasteiger charge is -2.23. The second-order valence-electron chi connectivity index (χ2n) is 6.41. The van der Waals surface area contributed by atoms with Gasteiger partial charge >= 0.3 is 0 Å². The normalized spacial score (nSPS) is 19.5. The fourth-order valence-corrected chi connectivity index (χ4v) is 2.89. The van der Waals surface area contributed by atoms with Gasteiger partial charge in [-0.2, -0.15) is 4.98 Å². The molecule has 2 fully saturated rings. The van der Waals surface area contributed by atoms with E-state index in [1.807, 2.05) is 6.07 Å². The van der Waals surface area contributed by atoms with E-state index in [2.05, 4.69) is 17.2 Å². The number of anilines is 1. The fourth-order valence-electron chi connectivity index (χ4n) is 2.89. The zero-order valence-electron chi connectivity index (χ0n) is 13.1. The molecule has 21 heavy (non-hydrogen) atoms. The van der Waals surface area contributed by atoms with E-state index in [9.17, 15) is 0 Å². The summed E-state index contributed by atoms with van der Waals surface area (Å²) in [5.41, 5.74) is 0. The minimum absolute atomic E-state index is 0.562. The summed E-state index contributed by atoms with van der Waals surface area (Å²) in [6.07, 6.45) is 11.2.